The largest absolute Gasteiger partial charge is 1.00 e. The molecule has 0 aromatic rings. The minimum Gasteiger partial charge on any atom is -0.772 e. The molecule has 4 nitrogen and oxygen atoms in total. The van der Waals surface area contributed by atoms with Gasteiger partial charge in [-0.15, -0.1) is 0 Å². The molecule has 0 fully saturated rings. The van der Waals surface area contributed by atoms with Gasteiger partial charge in [0.05, 0.1) is 0 Å². The maximum absolute atomic E-state index is 11.3. The average molecular weight is 313 g/mol. The Morgan fingerprint density at radius 1 is 1.00 bits per heavy atom. The van der Waals surface area contributed by atoms with E-state index in [0.29, 0.717) is 6.42 Å². The second kappa shape index (κ2) is 17.6. The molecule has 20 heavy (non-hydrogen) atoms. The molecule has 1 atom stereocenters. The molecule has 114 valence electrons. The van der Waals surface area contributed by atoms with E-state index in [1.807, 2.05) is 0 Å². The van der Waals surface area contributed by atoms with Crippen LogP contribution in [-0.4, -0.2) is 27.0 Å². The number of carbonyl (C=O) groups is 1. The molecule has 1 N–H and O–H groups in total. The zero-order chi connectivity index (χ0) is 14.3. The summed E-state index contributed by atoms with van der Waals surface area (Å²) in [6.07, 6.45) is 11.6. The van der Waals surface area contributed by atoms with Gasteiger partial charge in [-0.1, -0.05) is 69.4 Å². The molecule has 1 amide bonds. The third-order valence-electron chi connectivity index (χ3n) is 3.10. The van der Waals surface area contributed by atoms with E-state index in [4.69, 9.17) is 0 Å². The first kappa shape index (κ1) is 22.9. The van der Waals surface area contributed by atoms with Crippen LogP contribution in [0.4, 0.5) is 0 Å². The van der Waals surface area contributed by atoms with E-state index in [-0.39, 0.29) is 47.8 Å². The van der Waals surface area contributed by atoms with E-state index in [9.17, 15) is 13.6 Å². The van der Waals surface area contributed by atoms with Gasteiger partial charge in [0.1, 0.15) is 0 Å². The second-order valence-corrected chi connectivity index (χ2v) is 5.95. The van der Waals surface area contributed by atoms with Crippen LogP contribution in [0.5, 0.6) is 0 Å². The van der Waals surface area contributed by atoms with Gasteiger partial charge in [0.2, 0.25) is 5.91 Å². The monoisotopic (exact) mass is 313 g/mol. The molecule has 0 saturated heterocycles. The number of hydrogen-bond donors (Lipinski definition) is 1. The van der Waals surface area contributed by atoms with E-state index < -0.39 is 11.1 Å². The Morgan fingerprint density at radius 3 is 2.00 bits per heavy atom. The predicted octanol–water partition coefficient (Wildman–Crippen LogP) is -0.0934. The summed E-state index contributed by atoms with van der Waals surface area (Å²) in [7, 11) is 0. The Hall–Kier alpha value is 0.580. The molecule has 0 aliphatic carbocycles. The van der Waals surface area contributed by atoms with Crippen LogP contribution in [0.15, 0.2) is 0 Å². The fourth-order valence-electron chi connectivity index (χ4n) is 1.96. The Balaban J connectivity index is 0. The fraction of sp³-hybridized carbons (Fsp3) is 0.929. The van der Waals surface area contributed by atoms with E-state index in [2.05, 4.69) is 12.2 Å². The SMILES string of the molecule is CCCCCCCCCCCC(=O)NCCS(=O)[O-].[Na+]. The van der Waals surface area contributed by atoms with Crippen molar-refractivity contribution >= 4 is 17.0 Å². The van der Waals surface area contributed by atoms with Crippen molar-refractivity contribution < 1.29 is 43.1 Å². The first-order valence-corrected chi connectivity index (χ1v) is 8.73. The Morgan fingerprint density at radius 2 is 1.50 bits per heavy atom. The molecule has 0 spiro atoms. The normalized spacial score (nSPS) is 11.7. The van der Waals surface area contributed by atoms with Gasteiger partial charge in [0.25, 0.3) is 0 Å². The number of hydrogen-bond acceptors (Lipinski definition) is 3. The zero-order valence-electron chi connectivity index (χ0n) is 13.1. The van der Waals surface area contributed by atoms with Gasteiger partial charge < -0.3 is 9.87 Å². The third kappa shape index (κ3) is 18.6. The molecule has 0 aromatic carbocycles. The predicted molar refractivity (Wildman–Crippen MR) is 78.6 cm³/mol. The molecule has 0 aliphatic rings. The van der Waals surface area contributed by atoms with Gasteiger partial charge in [-0.05, 0) is 6.42 Å². The summed E-state index contributed by atoms with van der Waals surface area (Å²) in [5.41, 5.74) is 0. The van der Waals surface area contributed by atoms with Gasteiger partial charge >= 0.3 is 29.6 Å². The molecule has 0 saturated carbocycles. The zero-order valence-corrected chi connectivity index (χ0v) is 15.9. The number of carbonyl (C=O) groups excluding carboxylic acids is 1. The number of amides is 1. The van der Waals surface area contributed by atoms with E-state index >= 15 is 0 Å². The number of rotatable bonds is 13. The average Bonchev–Trinajstić information content (AvgIpc) is 2.36. The third-order valence-corrected chi connectivity index (χ3v) is 3.64. The van der Waals surface area contributed by atoms with Crippen molar-refractivity contribution in [3.8, 4) is 0 Å². The van der Waals surface area contributed by atoms with Crippen LogP contribution in [0.25, 0.3) is 0 Å². The maximum atomic E-state index is 11.3. The van der Waals surface area contributed by atoms with E-state index in [1.54, 1.807) is 0 Å². The maximum Gasteiger partial charge on any atom is 1.00 e. The molecular weight excluding hydrogens is 285 g/mol. The van der Waals surface area contributed by atoms with Gasteiger partial charge in [-0.2, -0.15) is 0 Å². The van der Waals surface area contributed by atoms with Crippen molar-refractivity contribution in [1.29, 1.82) is 0 Å². The van der Waals surface area contributed by atoms with Crippen molar-refractivity contribution in [1.82, 2.24) is 5.32 Å². The number of unbranched alkanes of at least 4 members (excludes halogenated alkanes) is 8. The molecule has 0 radical (unpaired) electrons. The van der Waals surface area contributed by atoms with Gasteiger partial charge in [-0.3, -0.25) is 9.00 Å². The standard InChI is InChI=1S/C14H29NO3S.Na/c1-2-3-4-5-6-7-8-9-10-11-14(16)15-12-13-19(17)18;/h2-13H2,1H3,(H,15,16)(H,17,18);/q;+1/p-1. The van der Waals surface area contributed by atoms with Crippen molar-refractivity contribution in [2.24, 2.45) is 0 Å². The van der Waals surface area contributed by atoms with Crippen LogP contribution in [0.2, 0.25) is 0 Å². The molecule has 1 unspecified atom stereocenters. The van der Waals surface area contributed by atoms with Crippen LogP contribution < -0.4 is 34.9 Å². The van der Waals surface area contributed by atoms with E-state index in [0.717, 1.165) is 12.8 Å². The molecular formula is C14H28NNaO3S. The Labute approximate surface area is 148 Å². The smallest absolute Gasteiger partial charge is 0.772 e. The summed E-state index contributed by atoms with van der Waals surface area (Å²) < 4.78 is 20.5. The summed E-state index contributed by atoms with van der Waals surface area (Å²) in [5.74, 6) is -0.0304. The quantitative estimate of drug-likeness (QED) is 0.293. The van der Waals surface area contributed by atoms with Crippen molar-refractivity contribution in [2.45, 2.75) is 71.1 Å². The molecule has 6 heteroatoms. The Bertz CT molecular complexity index is 253. The summed E-state index contributed by atoms with van der Waals surface area (Å²) in [4.78, 5) is 11.3. The van der Waals surface area contributed by atoms with E-state index in [1.165, 1.54) is 44.9 Å². The first-order chi connectivity index (χ1) is 9.16. The summed E-state index contributed by atoms with van der Waals surface area (Å²) in [6, 6.07) is 0. The van der Waals surface area contributed by atoms with Crippen molar-refractivity contribution in [3.63, 3.8) is 0 Å². The minimum absolute atomic E-state index is 0. The Kier molecular flexibility index (Phi) is 20.1. The van der Waals surface area contributed by atoms with Gasteiger partial charge in [-0.25, -0.2) is 0 Å². The van der Waals surface area contributed by atoms with Crippen LogP contribution in [0.1, 0.15) is 71.1 Å². The second-order valence-electron chi connectivity index (χ2n) is 4.94. The van der Waals surface area contributed by atoms with Crippen molar-refractivity contribution in [3.05, 3.63) is 0 Å². The molecule has 0 aromatic heterocycles. The molecule has 0 bridgehead atoms. The first-order valence-electron chi connectivity index (χ1n) is 7.49. The fourth-order valence-corrected chi connectivity index (χ4v) is 2.23. The minimum atomic E-state index is -2.06. The van der Waals surface area contributed by atoms with Crippen LogP contribution in [0.3, 0.4) is 0 Å². The summed E-state index contributed by atoms with van der Waals surface area (Å²) in [6.45, 7) is 2.45. The molecule has 0 rings (SSSR count). The van der Waals surface area contributed by atoms with Crippen LogP contribution in [-0.2, 0) is 15.9 Å². The molecule has 0 heterocycles. The molecule has 0 aliphatic heterocycles. The van der Waals surface area contributed by atoms with Crippen molar-refractivity contribution in [2.75, 3.05) is 12.3 Å². The van der Waals surface area contributed by atoms with Crippen LogP contribution >= 0.6 is 0 Å². The summed E-state index contributed by atoms with van der Waals surface area (Å²) >= 11 is -2.06. The van der Waals surface area contributed by atoms with Gasteiger partial charge in [0.15, 0.2) is 0 Å². The van der Waals surface area contributed by atoms with Crippen LogP contribution in [0, 0.1) is 0 Å². The topological polar surface area (TPSA) is 69.2 Å². The number of nitrogens with one attached hydrogen (secondary N) is 1. The van der Waals surface area contributed by atoms with Gasteiger partial charge in [0, 0.05) is 18.7 Å². The summed E-state index contributed by atoms with van der Waals surface area (Å²) in [5, 5.41) is 2.61.